The number of nitrogens with one attached hydrogen (secondary N) is 1. The Morgan fingerprint density at radius 2 is 1.75 bits per heavy atom. The maximum atomic E-state index is 12.7. The van der Waals surface area contributed by atoms with Crippen LogP contribution in [0.2, 0.25) is 5.02 Å². The van der Waals surface area contributed by atoms with Crippen LogP contribution in [0.1, 0.15) is 13.3 Å². The van der Waals surface area contributed by atoms with Gasteiger partial charge in [0.2, 0.25) is 5.91 Å². The zero-order valence-corrected chi connectivity index (χ0v) is 14.9. The summed E-state index contributed by atoms with van der Waals surface area (Å²) in [7, 11) is 0. The third-order valence-electron chi connectivity index (χ3n) is 3.80. The third-order valence-corrected chi connectivity index (χ3v) is 5.43. The van der Waals surface area contributed by atoms with Crippen LogP contribution in [0.5, 0.6) is 0 Å². The van der Waals surface area contributed by atoms with E-state index in [-0.39, 0.29) is 11.2 Å². The maximum absolute atomic E-state index is 12.7. The van der Waals surface area contributed by atoms with E-state index in [1.807, 2.05) is 73.7 Å². The van der Waals surface area contributed by atoms with Gasteiger partial charge in [0.1, 0.15) is 0 Å². The van der Waals surface area contributed by atoms with E-state index in [0.29, 0.717) is 5.02 Å². The number of hydrogen-bond donors (Lipinski definition) is 1. The van der Waals surface area contributed by atoms with E-state index in [1.165, 1.54) is 0 Å². The van der Waals surface area contributed by atoms with Crippen LogP contribution in [0.15, 0.2) is 71.6 Å². The van der Waals surface area contributed by atoms with Crippen molar-refractivity contribution in [3.63, 3.8) is 0 Å². The monoisotopic (exact) mass is 355 g/mol. The summed E-state index contributed by atoms with van der Waals surface area (Å²) in [6, 6.07) is 21.6. The number of hydrogen-bond acceptors (Lipinski definition) is 2. The van der Waals surface area contributed by atoms with Crippen LogP contribution >= 0.6 is 23.4 Å². The smallest absolute Gasteiger partial charge is 0.237 e. The lowest BCUT2D eigenvalue weighted by Gasteiger charge is -2.16. The molecule has 0 spiro atoms. The van der Waals surface area contributed by atoms with Crippen LogP contribution in [0, 0.1) is 0 Å². The average molecular weight is 356 g/mol. The number of benzene rings is 3. The normalized spacial score (nSPS) is 12.1. The van der Waals surface area contributed by atoms with E-state index in [0.717, 1.165) is 27.8 Å². The third kappa shape index (κ3) is 3.92. The first-order chi connectivity index (χ1) is 11.7. The fourth-order valence-corrected chi connectivity index (χ4v) is 3.63. The van der Waals surface area contributed by atoms with E-state index in [9.17, 15) is 4.79 Å². The molecule has 122 valence electrons. The minimum atomic E-state index is -0.148. The predicted molar refractivity (Wildman–Crippen MR) is 104 cm³/mol. The predicted octanol–water partition coefficient (Wildman–Crippen LogP) is 6.00. The first-order valence-electron chi connectivity index (χ1n) is 7.88. The van der Waals surface area contributed by atoms with Crippen LogP contribution in [-0.4, -0.2) is 11.2 Å². The van der Waals surface area contributed by atoms with Gasteiger partial charge in [-0.25, -0.2) is 0 Å². The Morgan fingerprint density at radius 3 is 2.50 bits per heavy atom. The number of anilines is 1. The Labute approximate surface area is 151 Å². The summed E-state index contributed by atoms with van der Waals surface area (Å²) in [6.45, 7) is 2.02. The van der Waals surface area contributed by atoms with Gasteiger partial charge in [0.05, 0.1) is 5.25 Å². The molecule has 24 heavy (non-hydrogen) atoms. The molecular formula is C20H18ClNOS. The Bertz CT molecular complexity index is 842. The second-order valence-electron chi connectivity index (χ2n) is 5.48. The molecule has 3 aromatic rings. The topological polar surface area (TPSA) is 29.1 Å². The molecule has 1 atom stereocenters. The van der Waals surface area contributed by atoms with Crippen LogP contribution < -0.4 is 5.32 Å². The Balaban J connectivity index is 1.77. The molecule has 0 aliphatic rings. The van der Waals surface area contributed by atoms with E-state index >= 15 is 0 Å². The fraction of sp³-hybridized carbons (Fsp3) is 0.150. The van der Waals surface area contributed by atoms with Crippen molar-refractivity contribution in [2.24, 2.45) is 0 Å². The molecule has 0 saturated carbocycles. The van der Waals surface area contributed by atoms with E-state index in [2.05, 4.69) is 5.32 Å². The molecule has 0 aliphatic carbocycles. The summed E-state index contributed by atoms with van der Waals surface area (Å²) in [6.07, 6.45) is 0.754. The molecule has 0 heterocycles. The minimum absolute atomic E-state index is 0.0220. The van der Waals surface area contributed by atoms with Gasteiger partial charge in [0, 0.05) is 21.0 Å². The summed E-state index contributed by atoms with van der Waals surface area (Å²) < 4.78 is 0. The molecule has 1 unspecified atom stereocenters. The van der Waals surface area contributed by atoms with Crippen molar-refractivity contribution < 1.29 is 4.79 Å². The standard InChI is InChI=1S/C20H18ClNOS/c1-2-19(24-16-12-10-15(21)11-13-16)20(23)22-18-9-5-7-14-6-3-4-8-17(14)18/h3-13,19H,2H2,1H3,(H,22,23). The molecule has 2 nitrogen and oxygen atoms in total. The quantitative estimate of drug-likeness (QED) is 0.568. The minimum Gasteiger partial charge on any atom is -0.325 e. The van der Waals surface area contributed by atoms with Gasteiger partial charge in [-0.05, 0) is 42.1 Å². The number of thioether (sulfide) groups is 1. The average Bonchev–Trinajstić information content (AvgIpc) is 2.61. The van der Waals surface area contributed by atoms with E-state index in [1.54, 1.807) is 11.8 Å². The molecular weight excluding hydrogens is 338 g/mol. The molecule has 0 bridgehead atoms. The van der Waals surface area contributed by atoms with Gasteiger partial charge in [-0.1, -0.05) is 54.9 Å². The van der Waals surface area contributed by atoms with E-state index in [4.69, 9.17) is 11.6 Å². The Morgan fingerprint density at radius 1 is 1.04 bits per heavy atom. The first kappa shape index (κ1) is 16.9. The van der Waals surface area contributed by atoms with Crippen molar-refractivity contribution in [3.05, 3.63) is 71.8 Å². The molecule has 0 fully saturated rings. The molecule has 0 saturated heterocycles. The van der Waals surface area contributed by atoms with Crippen molar-refractivity contribution in [1.29, 1.82) is 0 Å². The van der Waals surface area contributed by atoms with Gasteiger partial charge < -0.3 is 5.32 Å². The number of fused-ring (bicyclic) bond motifs is 1. The lowest BCUT2D eigenvalue weighted by atomic mass is 10.1. The van der Waals surface area contributed by atoms with Crippen LogP contribution in [0.4, 0.5) is 5.69 Å². The number of carbonyl (C=O) groups excluding carboxylic acids is 1. The summed E-state index contributed by atoms with van der Waals surface area (Å²) >= 11 is 7.48. The van der Waals surface area contributed by atoms with Crippen molar-refractivity contribution in [3.8, 4) is 0 Å². The lowest BCUT2D eigenvalue weighted by molar-refractivity contribution is -0.115. The van der Waals surface area contributed by atoms with Gasteiger partial charge in [-0.3, -0.25) is 4.79 Å². The second kappa shape index (κ2) is 7.73. The van der Waals surface area contributed by atoms with Gasteiger partial charge in [-0.15, -0.1) is 11.8 Å². The van der Waals surface area contributed by atoms with Gasteiger partial charge in [-0.2, -0.15) is 0 Å². The highest BCUT2D eigenvalue weighted by Gasteiger charge is 2.18. The van der Waals surface area contributed by atoms with Gasteiger partial charge >= 0.3 is 0 Å². The molecule has 0 aliphatic heterocycles. The number of amides is 1. The van der Waals surface area contributed by atoms with Crippen LogP contribution in [-0.2, 0) is 4.79 Å². The Kier molecular flexibility index (Phi) is 5.44. The molecule has 3 rings (SSSR count). The van der Waals surface area contributed by atoms with Crippen molar-refractivity contribution in [2.75, 3.05) is 5.32 Å². The molecule has 4 heteroatoms. The Hall–Kier alpha value is -1.97. The zero-order valence-electron chi connectivity index (χ0n) is 13.3. The molecule has 0 aromatic heterocycles. The van der Waals surface area contributed by atoms with E-state index < -0.39 is 0 Å². The highest BCUT2D eigenvalue weighted by molar-refractivity contribution is 8.00. The SMILES string of the molecule is CCC(Sc1ccc(Cl)cc1)C(=O)Nc1cccc2ccccc12. The summed E-state index contributed by atoms with van der Waals surface area (Å²) in [5.41, 5.74) is 0.855. The number of rotatable bonds is 5. The highest BCUT2D eigenvalue weighted by atomic mass is 35.5. The zero-order chi connectivity index (χ0) is 16.9. The molecule has 1 N–H and O–H groups in total. The van der Waals surface area contributed by atoms with Gasteiger partial charge in [0.25, 0.3) is 0 Å². The fourth-order valence-electron chi connectivity index (χ4n) is 2.55. The van der Waals surface area contributed by atoms with Crippen LogP contribution in [0.25, 0.3) is 10.8 Å². The second-order valence-corrected chi connectivity index (χ2v) is 7.20. The first-order valence-corrected chi connectivity index (χ1v) is 9.14. The largest absolute Gasteiger partial charge is 0.325 e. The van der Waals surface area contributed by atoms with Crippen LogP contribution in [0.3, 0.4) is 0 Å². The lowest BCUT2D eigenvalue weighted by Crippen LogP contribution is -2.24. The summed E-state index contributed by atoms with van der Waals surface area (Å²) in [5, 5.41) is 5.81. The number of halogens is 1. The number of carbonyl (C=O) groups is 1. The highest BCUT2D eigenvalue weighted by Crippen LogP contribution is 2.29. The summed E-state index contributed by atoms with van der Waals surface area (Å²) in [5.74, 6) is 0.0220. The van der Waals surface area contributed by atoms with Crippen molar-refractivity contribution in [2.45, 2.75) is 23.5 Å². The summed E-state index contributed by atoms with van der Waals surface area (Å²) in [4.78, 5) is 13.7. The maximum Gasteiger partial charge on any atom is 0.237 e. The molecule has 1 amide bonds. The molecule has 0 radical (unpaired) electrons. The van der Waals surface area contributed by atoms with Gasteiger partial charge in [0.15, 0.2) is 0 Å². The molecule has 3 aromatic carbocycles. The van der Waals surface area contributed by atoms with Crippen molar-refractivity contribution >= 4 is 45.7 Å². The van der Waals surface area contributed by atoms with Crippen molar-refractivity contribution in [1.82, 2.24) is 0 Å².